The molecule has 0 bridgehead atoms. The maximum Gasteiger partial charge on any atom is 0.217 e. The fourth-order valence-corrected chi connectivity index (χ4v) is 1.48. The SMILES string of the molecule is NC(=O)CCCc1ccc(Cl)c(Cl)c1. The number of amides is 1. The van der Waals surface area contributed by atoms with E-state index in [4.69, 9.17) is 28.9 Å². The van der Waals surface area contributed by atoms with Gasteiger partial charge in [-0.15, -0.1) is 0 Å². The second-order valence-corrected chi connectivity index (χ2v) is 3.88. The Hall–Kier alpha value is -0.730. The molecule has 0 radical (unpaired) electrons. The Balaban J connectivity index is 2.51. The van der Waals surface area contributed by atoms with Crippen molar-refractivity contribution in [2.75, 3.05) is 0 Å². The summed E-state index contributed by atoms with van der Waals surface area (Å²) >= 11 is 11.6. The maximum absolute atomic E-state index is 10.5. The van der Waals surface area contributed by atoms with Crippen molar-refractivity contribution in [3.05, 3.63) is 33.8 Å². The molecular weight excluding hydrogens is 221 g/mol. The molecule has 1 aromatic rings. The Morgan fingerprint density at radius 1 is 1.29 bits per heavy atom. The summed E-state index contributed by atoms with van der Waals surface area (Å²) in [5.41, 5.74) is 6.09. The molecule has 1 amide bonds. The van der Waals surface area contributed by atoms with E-state index in [9.17, 15) is 4.79 Å². The van der Waals surface area contributed by atoms with Crippen molar-refractivity contribution in [3.8, 4) is 0 Å². The van der Waals surface area contributed by atoms with Crippen LogP contribution in [-0.4, -0.2) is 5.91 Å². The van der Waals surface area contributed by atoms with E-state index in [2.05, 4.69) is 0 Å². The molecule has 0 aliphatic carbocycles. The quantitative estimate of drug-likeness (QED) is 0.852. The lowest BCUT2D eigenvalue weighted by Crippen LogP contribution is -2.10. The van der Waals surface area contributed by atoms with Gasteiger partial charge in [0.25, 0.3) is 0 Å². The summed E-state index contributed by atoms with van der Waals surface area (Å²) in [5.74, 6) is -0.273. The molecule has 14 heavy (non-hydrogen) atoms. The van der Waals surface area contributed by atoms with Gasteiger partial charge in [-0.05, 0) is 30.5 Å². The summed E-state index contributed by atoms with van der Waals surface area (Å²) in [6.07, 6.45) is 1.94. The van der Waals surface area contributed by atoms with Gasteiger partial charge in [0.1, 0.15) is 0 Å². The first-order chi connectivity index (χ1) is 6.59. The molecule has 2 nitrogen and oxygen atoms in total. The molecule has 0 aliphatic heterocycles. The standard InChI is InChI=1S/C10H11Cl2NO/c11-8-5-4-7(6-9(8)12)2-1-3-10(13)14/h4-6H,1-3H2,(H2,13,14). The summed E-state index contributed by atoms with van der Waals surface area (Å²) in [7, 11) is 0. The molecule has 0 saturated carbocycles. The third kappa shape index (κ3) is 3.56. The van der Waals surface area contributed by atoms with Crippen LogP contribution in [0.15, 0.2) is 18.2 Å². The van der Waals surface area contributed by atoms with Crippen LogP contribution >= 0.6 is 23.2 Å². The number of rotatable bonds is 4. The van der Waals surface area contributed by atoms with Crippen LogP contribution in [0.5, 0.6) is 0 Å². The molecule has 0 atom stereocenters. The van der Waals surface area contributed by atoms with Crippen LogP contribution in [0, 0.1) is 0 Å². The van der Waals surface area contributed by atoms with Gasteiger partial charge in [-0.1, -0.05) is 29.3 Å². The minimum Gasteiger partial charge on any atom is -0.370 e. The van der Waals surface area contributed by atoms with Crippen LogP contribution in [-0.2, 0) is 11.2 Å². The molecule has 0 fully saturated rings. The zero-order valence-corrected chi connectivity index (χ0v) is 9.11. The van der Waals surface area contributed by atoms with Crippen molar-refractivity contribution in [2.24, 2.45) is 5.73 Å². The largest absolute Gasteiger partial charge is 0.370 e. The number of nitrogens with two attached hydrogens (primary N) is 1. The van der Waals surface area contributed by atoms with Crippen LogP contribution in [0.25, 0.3) is 0 Å². The average Bonchev–Trinajstić information content (AvgIpc) is 2.10. The van der Waals surface area contributed by atoms with Crippen LogP contribution in [0.3, 0.4) is 0 Å². The highest BCUT2D eigenvalue weighted by atomic mass is 35.5. The molecule has 0 heterocycles. The predicted molar refractivity (Wildman–Crippen MR) is 58.6 cm³/mol. The lowest BCUT2D eigenvalue weighted by Gasteiger charge is -2.01. The normalized spacial score (nSPS) is 10.1. The topological polar surface area (TPSA) is 43.1 Å². The molecule has 4 heteroatoms. The van der Waals surface area contributed by atoms with Gasteiger partial charge in [0.15, 0.2) is 0 Å². The Kier molecular flexibility index (Phi) is 4.23. The highest BCUT2D eigenvalue weighted by Crippen LogP contribution is 2.23. The van der Waals surface area contributed by atoms with E-state index >= 15 is 0 Å². The molecule has 0 spiro atoms. The summed E-state index contributed by atoms with van der Waals surface area (Å²) < 4.78 is 0. The monoisotopic (exact) mass is 231 g/mol. The van der Waals surface area contributed by atoms with E-state index in [1.54, 1.807) is 6.07 Å². The highest BCUT2D eigenvalue weighted by Gasteiger charge is 2.00. The first kappa shape index (κ1) is 11.3. The van der Waals surface area contributed by atoms with Gasteiger partial charge >= 0.3 is 0 Å². The minimum atomic E-state index is -0.273. The Bertz CT molecular complexity index is 339. The van der Waals surface area contributed by atoms with Crippen molar-refractivity contribution < 1.29 is 4.79 Å². The Labute approximate surface area is 93.0 Å². The van der Waals surface area contributed by atoms with E-state index in [0.717, 1.165) is 18.4 Å². The molecule has 1 aromatic carbocycles. The van der Waals surface area contributed by atoms with Crippen molar-refractivity contribution in [1.82, 2.24) is 0 Å². The van der Waals surface area contributed by atoms with E-state index < -0.39 is 0 Å². The van der Waals surface area contributed by atoms with E-state index in [-0.39, 0.29) is 5.91 Å². The number of hydrogen-bond acceptors (Lipinski definition) is 1. The van der Waals surface area contributed by atoms with Crippen LogP contribution in [0.1, 0.15) is 18.4 Å². The third-order valence-corrected chi connectivity index (χ3v) is 2.61. The number of hydrogen-bond donors (Lipinski definition) is 1. The summed E-state index contributed by atoms with van der Waals surface area (Å²) in [5, 5.41) is 1.09. The highest BCUT2D eigenvalue weighted by molar-refractivity contribution is 6.42. The molecule has 2 N–H and O–H groups in total. The van der Waals surface area contributed by atoms with E-state index in [1.807, 2.05) is 12.1 Å². The van der Waals surface area contributed by atoms with Gasteiger partial charge in [-0.3, -0.25) is 4.79 Å². The second kappa shape index (κ2) is 5.23. The van der Waals surface area contributed by atoms with Gasteiger partial charge in [0.2, 0.25) is 5.91 Å². The fourth-order valence-electron chi connectivity index (χ4n) is 1.16. The van der Waals surface area contributed by atoms with Gasteiger partial charge in [0, 0.05) is 6.42 Å². The Morgan fingerprint density at radius 2 is 2.00 bits per heavy atom. The number of aryl methyl sites for hydroxylation is 1. The minimum absolute atomic E-state index is 0.273. The first-order valence-electron chi connectivity index (χ1n) is 4.32. The van der Waals surface area contributed by atoms with Crippen molar-refractivity contribution in [2.45, 2.75) is 19.3 Å². The summed E-state index contributed by atoms with van der Waals surface area (Å²) in [6, 6.07) is 5.46. The summed E-state index contributed by atoms with van der Waals surface area (Å²) in [6.45, 7) is 0. The Morgan fingerprint density at radius 3 is 2.57 bits per heavy atom. The van der Waals surface area contributed by atoms with E-state index in [1.165, 1.54) is 0 Å². The molecule has 0 saturated heterocycles. The number of carbonyl (C=O) groups excluding carboxylic acids is 1. The number of carbonyl (C=O) groups is 1. The molecule has 76 valence electrons. The summed E-state index contributed by atoms with van der Waals surface area (Å²) in [4.78, 5) is 10.5. The maximum atomic E-state index is 10.5. The molecule has 0 aromatic heterocycles. The molecule has 0 unspecified atom stereocenters. The van der Waals surface area contributed by atoms with Crippen molar-refractivity contribution in [3.63, 3.8) is 0 Å². The molecule has 1 rings (SSSR count). The zero-order valence-electron chi connectivity index (χ0n) is 7.59. The first-order valence-corrected chi connectivity index (χ1v) is 5.07. The predicted octanol–water partition coefficient (Wildman–Crippen LogP) is 2.80. The van der Waals surface area contributed by atoms with Gasteiger partial charge < -0.3 is 5.73 Å². The molecule has 0 aliphatic rings. The fraction of sp³-hybridized carbons (Fsp3) is 0.300. The second-order valence-electron chi connectivity index (χ2n) is 3.07. The number of primary amides is 1. The van der Waals surface area contributed by atoms with E-state index in [0.29, 0.717) is 16.5 Å². The number of benzene rings is 1. The van der Waals surface area contributed by atoms with Crippen LogP contribution < -0.4 is 5.73 Å². The number of halogens is 2. The van der Waals surface area contributed by atoms with Crippen LogP contribution in [0.2, 0.25) is 10.0 Å². The van der Waals surface area contributed by atoms with Gasteiger partial charge in [-0.2, -0.15) is 0 Å². The third-order valence-electron chi connectivity index (χ3n) is 1.87. The van der Waals surface area contributed by atoms with Crippen molar-refractivity contribution in [1.29, 1.82) is 0 Å². The smallest absolute Gasteiger partial charge is 0.217 e. The van der Waals surface area contributed by atoms with Crippen molar-refractivity contribution >= 4 is 29.1 Å². The molecular formula is C10H11Cl2NO. The van der Waals surface area contributed by atoms with Gasteiger partial charge in [0.05, 0.1) is 10.0 Å². The lowest BCUT2D eigenvalue weighted by atomic mass is 10.1. The zero-order chi connectivity index (χ0) is 10.6. The average molecular weight is 232 g/mol. The van der Waals surface area contributed by atoms with Crippen LogP contribution in [0.4, 0.5) is 0 Å². The lowest BCUT2D eigenvalue weighted by molar-refractivity contribution is -0.118. The van der Waals surface area contributed by atoms with Gasteiger partial charge in [-0.25, -0.2) is 0 Å².